The Morgan fingerprint density at radius 3 is 2.82 bits per heavy atom. The van der Waals surface area contributed by atoms with Crippen LogP contribution in [0.5, 0.6) is 0 Å². The molecular weight excluding hydrogens is 210 g/mol. The molecule has 0 spiro atoms. The minimum Gasteiger partial charge on any atom is -0.341 e. The first-order valence-corrected chi connectivity index (χ1v) is 6.43. The van der Waals surface area contributed by atoms with Gasteiger partial charge in [-0.2, -0.15) is 0 Å². The summed E-state index contributed by atoms with van der Waals surface area (Å²) in [6.07, 6.45) is 2.59. The van der Waals surface area contributed by atoms with Crippen LogP contribution in [0.15, 0.2) is 24.3 Å². The predicted molar refractivity (Wildman–Crippen MR) is 69.8 cm³/mol. The second kappa shape index (κ2) is 4.15. The smallest absolute Gasteiger partial charge is 0.124 e. The van der Waals surface area contributed by atoms with Crippen LogP contribution in [-0.4, -0.2) is 16.0 Å². The summed E-state index contributed by atoms with van der Waals surface area (Å²) in [6.45, 7) is 4.49. The van der Waals surface area contributed by atoms with E-state index in [1.54, 1.807) is 0 Å². The first-order valence-electron chi connectivity index (χ1n) is 6.43. The largest absolute Gasteiger partial charge is 0.341 e. The molecule has 2 aromatic rings. The summed E-state index contributed by atoms with van der Waals surface area (Å²) in [5.74, 6) is 1.93. The molecule has 3 rings (SSSR count). The van der Waals surface area contributed by atoms with E-state index in [1.165, 1.54) is 12.8 Å². The van der Waals surface area contributed by atoms with Crippen LogP contribution in [-0.2, 0) is 0 Å². The lowest BCUT2D eigenvalue weighted by Crippen LogP contribution is -2.41. The zero-order valence-electron chi connectivity index (χ0n) is 10.4. The minimum atomic E-state index is 0.305. The second-order valence-electron chi connectivity index (χ2n) is 5.30. The molecule has 0 saturated heterocycles. The molecule has 0 aliphatic heterocycles. The number of benzene rings is 1. The maximum atomic E-state index is 4.63. The zero-order valence-corrected chi connectivity index (χ0v) is 10.4. The number of rotatable bonds is 3. The van der Waals surface area contributed by atoms with E-state index in [1.807, 2.05) is 18.2 Å². The molecule has 1 aliphatic rings. The standard InChI is InChI=1S/C14H19N3/c1-9-7-11(8-9)15-10(2)14-16-12-5-3-4-6-13(12)17-14/h3-6,9-11,15H,7-8H2,1-2H3,(H,16,17). The van der Waals surface area contributed by atoms with Gasteiger partial charge >= 0.3 is 0 Å². The van der Waals surface area contributed by atoms with Crippen molar-refractivity contribution in [1.82, 2.24) is 15.3 Å². The Balaban J connectivity index is 1.74. The van der Waals surface area contributed by atoms with Crippen LogP contribution in [0, 0.1) is 5.92 Å². The maximum absolute atomic E-state index is 4.63. The van der Waals surface area contributed by atoms with Gasteiger partial charge in [0, 0.05) is 6.04 Å². The van der Waals surface area contributed by atoms with Crippen LogP contribution in [0.2, 0.25) is 0 Å². The van der Waals surface area contributed by atoms with Gasteiger partial charge in [0.15, 0.2) is 0 Å². The number of hydrogen-bond donors (Lipinski definition) is 2. The summed E-state index contributed by atoms with van der Waals surface area (Å²) in [5, 5.41) is 3.63. The molecule has 1 aromatic carbocycles. The minimum absolute atomic E-state index is 0.305. The number of hydrogen-bond acceptors (Lipinski definition) is 2. The number of aromatic nitrogens is 2. The fraction of sp³-hybridized carbons (Fsp3) is 0.500. The number of aromatic amines is 1. The topological polar surface area (TPSA) is 40.7 Å². The van der Waals surface area contributed by atoms with E-state index in [9.17, 15) is 0 Å². The Kier molecular flexibility index (Phi) is 2.63. The van der Waals surface area contributed by atoms with Gasteiger partial charge in [-0.3, -0.25) is 0 Å². The fourth-order valence-electron chi connectivity index (χ4n) is 2.65. The van der Waals surface area contributed by atoms with Crippen molar-refractivity contribution in [3.8, 4) is 0 Å². The third-order valence-corrected chi connectivity index (χ3v) is 3.68. The molecule has 1 saturated carbocycles. The predicted octanol–water partition coefficient (Wildman–Crippen LogP) is 3.01. The summed E-state index contributed by atoms with van der Waals surface area (Å²) in [5.41, 5.74) is 2.18. The zero-order chi connectivity index (χ0) is 11.8. The highest BCUT2D eigenvalue weighted by Crippen LogP contribution is 2.28. The molecule has 0 amide bonds. The number of H-pyrrole nitrogens is 1. The Morgan fingerprint density at radius 1 is 1.35 bits per heavy atom. The molecule has 1 fully saturated rings. The molecule has 0 bridgehead atoms. The van der Waals surface area contributed by atoms with Crippen LogP contribution in [0.1, 0.15) is 38.6 Å². The van der Waals surface area contributed by atoms with Gasteiger partial charge in [0.25, 0.3) is 0 Å². The van der Waals surface area contributed by atoms with Crippen molar-refractivity contribution in [3.63, 3.8) is 0 Å². The van der Waals surface area contributed by atoms with Crippen LogP contribution >= 0.6 is 0 Å². The highest BCUT2D eigenvalue weighted by molar-refractivity contribution is 5.74. The van der Waals surface area contributed by atoms with E-state index in [4.69, 9.17) is 0 Å². The first-order chi connectivity index (χ1) is 8.22. The highest BCUT2D eigenvalue weighted by Gasteiger charge is 2.27. The van der Waals surface area contributed by atoms with Crippen LogP contribution in [0.25, 0.3) is 11.0 Å². The molecule has 1 aromatic heterocycles. The quantitative estimate of drug-likeness (QED) is 0.849. The molecule has 1 atom stereocenters. The summed E-state index contributed by atoms with van der Waals surface area (Å²) in [4.78, 5) is 8.01. The number of imidazole rings is 1. The van der Waals surface area contributed by atoms with E-state index in [-0.39, 0.29) is 0 Å². The lowest BCUT2D eigenvalue weighted by Gasteiger charge is -2.35. The molecule has 17 heavy (non-hydrogen) atoms. The van der Waals surface area contributed by atoms with E-state index >= 15 is 0 Å². The molecular formula is C14H19N3. The molecule has 2 N–H and O–H groups in total. The van der Waals surface area contributed by atoms with E-state index in [2.05, 4.69) is 35.2 Å². The van der Waals surface area contributed by atoms with Crippen molar-refractivity contribution in [2.24, 2.45) is 5.92 Å². The first kappa shape index (κ1) is 10.8. The van der Waals surface area contributed by atoms with Gasteiger partial charge in [-0.15, -0.1) is 0 Å². The van der Waals surface area contributed by atoms with Crippen molar-refractivity contribution in [3.05, 3.63) is 30.1 Å². The third-order valence-electron chi connectivity index (χ3n) is 3.68. The Labute approximate surface area is 102 Å². The average molecular weight is 229 g/mol. The van der Waals surface area contributed by atoms with Gasteiger partial charge < -0.3 is 10.3 Å². The van der Waals surface area contributed by atoms with Crippen LogP contribution < -0.4 is 5.32 Å². The number of nitrogens with one attached hydrogen (secondary N) is 2. The summed E-state index contributed by atoms with van der Waals surface area (Å²) >= 11 is 0. The average Bonchev–Trinajstić information content (AvgIpc) is 2.70. The van der Waals surface area contributed by atoms with Crippen molar-refractivity contribution >= 4 is 11.0 Å². The molecule has 0 radical (unpaired) electrons. The number of nitrogens with zero attached hydrogens (tertiary/aromatic N) is 1. The van der Waals surface area contributed by atoms with Gasteiger partial charge in [0.1, 0.15) is 5.82 Å². The Bertz CT molecular complexity index is 478. The fourth-order valence-corrected chi connectivity index (χ4v) is 2.65. The highest BCUT2D eigenvalue weighted by atomic mass is 15.0. The summed E-state index contributed by atoms with van der Waals surface area (Å²) in [6, 6.07) is 9.17. The van der Waals surface area contributed by atoms with Crippen LogP contribution in [0.4, 0.5) is 0 Å². The third kappa shape index (κ3) is 2.07. The van der Waals surface area contributed by atoms with Gasteiger partial charge in [-0.1, -0.05) is 19.1 Å². The van der Waals surface area contributed by atoms with E-state index in [0.29, 0.717) is 12.1 Å². The van der Waals surface area contributed by atoms with Gasteiger partial charge in [0.05, 0.1) is 17.1 Å². The van der Waals surface area contributed by atoms with Crippen molar-refractivity contribution < 1.29 is 0 Å². The van der Waals surface area contributed by atoms with Gasteiger partial charge in [-0.25, -0.2) is 4.98 Å². The van der Waals surface area contributed by atoms with E-state index in [0.717, 1.165) is 22.8 Å². The van der Waals surface area contributed by atoms with Crippen LogP contribution in [0.3, 0.4) is 0 Å². The molecule has 90 valence electrons. The molecule has 1 unspecified atom stereocenters. The molecule has 1 heterocycles. The second-order valence-corrected chi connectivity index (χ2v) is 5.30. The van der Waals surface area contributed by atoms with Gasteiger partial charge in [-0.05, 0) is 37.8 Å². The van der Waals surface area contributed by atoms with E-state index < -0.39 is 0 Å². The lowest BCUT2D eigenvalue weighted by molar-refractivity contribution is 0.224. The maximum Gasteiger partial charge on any atom is 0.124 e. The van der Waals surface area contributed by atoms with Crippen molar-refractivity contribution in [1.29, 1.82) is 0 Å². The Hall–Kier alpha value is -1.35. The lowest BCUT2D eigenvalue weighted by atomic mass is 9.81. The number of para-hydroxylation sites is 2. The Morgan fingerprint density at radius 2 is 2.12 bits per heavy atom. The SMILES string of the molecule is CC1CC(NC(C)c2nc3ccccc3[nH]2)C1. The summed E-state index contributed by atoms with van der Waals surface area (Å²) < 4.78 is 0. The molecule has 3 heteroatoms. The van der Waals surface area contributed by atoms with Gasteiger partial charge in [0.2, 0.25) is 0 Å². The molecule has 1 aliphatic carbocycles. The monoisotopic (exact) mass is 229 g/mol. The normalized spacial score (nSPS) is 25.8. The summed E-state index contributed by atoms with van der Waals surface area (Å²) in [7, 11) is 0. The molecule has 3 nitrogen and oxygen atoms in total. The van der Waals surface area contributed by atoms with Crippen molar-refractivity contribution in [2.45, 2.75) is 38.8 Å². The van der Waals surface area contributed by atoms with Crippen molar-refractivity contribution in [2.75, 3.05) is 0 Å². The number of fused-ring (bicyclic) bond motifs is 1.